The van der Waals surface area contributed by atoms with Gasteiger partial charge < -0.3 is 15.4 Å². The summed E-state index contributed by atoms with van der Waals surface area (Å²) in [5, 5.41) is 0. The number of morpholine rings is 1. The van der Waals surface area contributed by atoms with Gasteiger partial charge in [-0.15, -0.1) is 0 Å². The lowest BCUT2D eigenvalue weighted by molar-refractivity contribution is -0.337. The second kappa shape index (κ2) is 7.87. The number of hydrogen-bond acceptors (Lipinski definition) is 7. The third-order valence-corrected chi connectivity index (χ3v) is 8.31. The highest BCUT2D eigenvalue weighted by molar-refractivity contribution is 5.83. The quantitative estimate of drug-likeness (QED) is 0.616. The van der Waals surface area contributed by atoms with Gasteiger partial charge in [-0.2, -0.15) is 13.2 Å². The molecule has 0 spiro atoms. The van der Waals surface area contributed by atoms with E-state index in [1.165, 1.54) is 0 Å². The molecule has 1 saturated heterocycles. The van der Waals surface area contributed by atoms with Crippen molar-refractivity contribution in [1.29, 1.82) is 0 Å². The molecule has 192 valence electrons. The average molecular weight is 501 g/mol. The second-order valence-corrected chi connectivity index (χ2v) is 11.2. The van der Waals surface area contributed by atoms with Crippen LogP contribution >= 0.6 is 0 Å². The van der Waals surface area contributed by atoms with Gasteiger partial charge >= 0.3 is 6.18 Å². The molecule has 4 saturated carbocycles. The van der Waals surface area contributed by atoms with Crippen LogP contribution in [0.1, 0.15) is 56.1 Å². The van der Waals surface area contributed by atoms with Crippen LogP contribution in [0.4, 0.5) is 19.0 Å². The van der Waals surface area contributed by atoms with E-state index in [4.69, 9.17) is 25.4 Å². The lowest BCUT2D eigenvalue weighted by atomic mass is 9.34. The molecule has 5 fully saturated rings. The number of halogens is 3. The van der Waals surface area contributed by atoms with Gasteiger partial charge in [0.05, 0.1) is 46.7 Å². The number of nitrogens with two attached hydrogens (primary N) is 1. The number of alkyl halides is 3. The Hall–Kier alpha value is -2.75. The summed E-state index contributed by atoms with van der Waals surface area (Å²) in [5.74, 6) is 0.691. The fourth-order valence-electron chi connectivity index (χ4n) is 6.06. The summed E-state index contributed by atoms with van der Waals surface area (Å²) in [6.07, 6.45) is 1.22. The predicted molar refractivity (Wildman–Crippen MR) is 131 cm³/mol. The third-order valence-electron chi connectivity index (χ3n) is 8.31. The van der Waals surface area contributed by atoms with Crippen molar-refractivity contribution in [3.8, 4) is 0 Å². The molecule has 7 rings (SSSR count). The number of pyridine rings is 1. The molecular formula is C26H31F3N6O. The molecule has 4 aliphatic carbocycles. The molecular weight excluding hydrogens is 469 g/mol. The molecule has 2 atom stereocenters. The number of anilines is 1. The summed E-state index contributed by atoms with van der Waals surface area (Å²) in [6.45, 7) is 6.88. The summed E-state index contributed by atoms with van der Waals surface area (Å²) >= 11 is 0. The summed E-state index contributed by atoms with van der Waals surface area (Å²) < 4.78 is 47.1. The van der Waals surface area contributed by atoms with Gasteiger partial charge in [-0.25, -0.2) is 15.0 Å². The Morgan fingerprint density at radius 1 is 1.14 bits per heavy atom. The highest BCUT2D eigenvalue weighted by Crippen LogP contribution is 2.78. The van der Waals surface area contributed by atoms with E-state index in [0.29, 0.717) is 41.7 Å². The number of fused-ring (bicyclic) bond motifs is 1. The minimum Gasteiger partial charge on any atom is -0.404 e. The smallest absolute Gasteiger partial charge is 0.394 e. The van der Waals surface area contributed by atoms with E-state index in [0.717, 1.165) is 29.8 Å². The number of aromatic nitrogens is 3. The first-order valence-electron chi connectivity index (χ1n) is 12.6. The SMILES string of the molecule is Cc1nc2cc(N3C[C@H](C)O[C@@H](/C(C=NC4CC4)=C/N)C3)nc(C34CC(C(F)(F)F)(C3)C4)c2nc1C. The maximum atomic E-state index is 13.6. The van der Waals surface area contributed by atoms with Crippen molar-refractivity contribution in [1.82, 2.24) is 15.0 Å². The van der Waals surface area contributed by atoms with Crippen LogP contribution in [-0.4, -0.2) is 58.7 Å². The predicted octanol–water partition coefficient (Wildman–Crippen LogP) is 4.30. The van der Waals surface area contributed by atoms with Gasteiger partial charge in [0.15, 0.2) is 0 Å². The van der Waals surface area contributed by atoms with Crippen molar-refractivity contribution in [2.24, 2.45) is 16.1 Å². The molecule has 3 heterocycles. The Labute approximate surface area is 208 Å². The number of ether oxygens (including phenoxy) is 1. The molecule has 0 aromatic carbocycles. The highest BCUT2D eigenvalue weighted by atomic mass is 19.4. The summed E-state index contributed by atoms with van der Waals surface area (Å²) in [4.78, 5) is 21.2. The fraction of sp³-hybridized carbons (Fsp3) is 0.615. The molecule has 0 unspecified atom stereocenters. The van der Waals surface area contributed by atoms with Crippen LogP contribution in [0, 0.1) is 19.3 Å². The Morgan fingerprint density at radius 3 is 2.47 bits per heavy atom. The zero-order valence-electron chi connectivity index (χ0n) is 20.8. The van der Waals surface area contributed by atoms with E-state index < -0.39 is 17.0 Å². The first-order valence-corrected chi connectivity index (χ1v) is 12.6. The standard InChI is InChI=1S/C26H31F3N6O/c1-14-9-35(10-20(36-14)17(7-30)8-31-18-4-5-18)21-6-19-22(33-16(3)15(2)32-19)23(34-21)24-11-25(12-24,13-24)26(27,28)29/h6-8,14,18,20H,4-5,9-13,30H2,1-3H3/b17-7+,31-8?/t14-,20+,24?,25?/m0/s1. The molecule has 1 aliphatic heterocycles. The Morgan fingerprint density at radius 2 is 1.83 bits per heavy atom. The van der Waals surface area contributed by atoms with Crippen molar-refractivity contribution >= 4 is 23.1 Å². The van der Waals surface area contributed by atoms with Crippen LogP contribution in [0.3, 0.4) is 0 Å². The molecule has 2 N–H and O–H groups in total. The molecule has 2 aromatic heterocycles. The molecule has 2 aromatic rings. The summed E-state index contributed by atoms with van der Waals surface area (Å²) in [7, 11) is 0. The number of nitrogens with zero attached hydrogens (tertiary/aromatic N) is 5. The van der Waals surface area contributed by atoms with E-state index in [1.54, 1.807) is 6.20 Å². The first-order chi connectivity index (χ1) is 17.0. The Kier molecular flexibility index (Phi) is 5.17. The third kappa shape index (κ3) is 3.67. The maximum Gasteiger partial charge on any atom is 0.394 e. The largest absolute Gasteiger partial charge is 0.404 e. The van der Waals surface area contributed by atoms with Gasteiger partial charge in [0, 0.05) is 36.0 Å². The van der Waals surface area contributed by atoms with E-state index in [1.807, 2.05) is 33.1 Å². The van der Waals surface area contributed by atoms with Gasteiger partial charge in [0.2, 0.25) is 0 Å². The van der Waals surface area contributed by atoms with E-state index in [9.17, 15) is 13.2 Å². The van der Waals surface area contributed by atoms with E-state index in [-0.39, 0.29) is 31.5 Å². The van der Waals surface area contributed by atoms with Crippen LogP contribution in [0.25, 0.3) is 11.0 Å². The zero-order chi connectivity index (χ0) is 25.5. The summed E-state index contributed by atoms with van der Waals surface area (Å²) in [6, 6.07) is 2.28. The lowest BCUT2D eigenvalue weighted by Gasteiger charge is -2.70. The second-order valence-electron chi connectivity index (χ2n) is 11.2. The minimum absolute atomic E-state index is 0.0729. The highest BCUT2D eigenvalue weighted by Gasteiger charge is 2.79. The van der Waals surface area contributed by atoms with Crippen molar-refractivity contribution < 1.29 is 17.9 Å². The van der Waals surface area contributed by atoms with Crippen LogP contribution in [0.2, 0.25) is 0 Å². The molecule has 10 heteroatoms. The van der Waals surface area contributed by atoms with Crippen LogP contribution < -0.4 is 10.6 Å². The number of hydrogen-bond donors (Lipinski definition) is 1. The van der Waals surface area contributed by atoms with Crippen molar-refractivity contribution in [3.63, 3.8) is 0 Å². The molecule has 5 aliphatic rings. The number of aliphatic imine (C=N–C) groups is 1. The van der Waals surface area contributed by atoms with Gasteiger partial charge in [-0.1, -0.05) is 0 Å². The van der Waals surface area contributed by atoms with Gasteiger partial charge in [0.1, 0.15) is 17.4 Å². The van der Waals surface area contributed by atoms with Gasteiger partial charge in [0.25, 0.3) is 0 Å². The minimum atomic E-state index is -4.18. The van der Waals surface area contributed by atoms with Gasteiger partial charge in [-0.3, -0.25) is 4.99 Å². The topological polar surface area (TPSA) is 89.5 Å². The van der Waals surface area contributed by atoms with E-state index in [2.05, 4.69) is 9.89 Å². The monoisotopic (exact) mass is 500 g/mol. The van der Waals surface area contributed by atoms with Crippen molar-refractivity contribution in [3.05, 3.63) is 34.9 Å². The molecule has 0 amide bonds. The van der Waals surface area contributed by atoms with Crippen molar-refractivity contribution in [2.45, 2.75) is 82.7 Å². The summed E-state index contributed by atoms with van der Waals surface area (Å²) in [5.41, 5.74) is 8.10. The first kappa shape index (κ1) is 23.6. The van der Waals surface area contributed by atoms with Crippen LogP contribution in [0.5, 0.6) is 0 Å². The number of aryl methyl sites for hydroxylation is 2. The Bertz CT molecular complexity index is 1260. The normalized spacial score (nSPS) is 32.6. The molecule has 36 heavy (non-hydrogen) atoms. The maximum absolute atomic E-state index is 13.6. The number of rotatable bonds is 5. The molecule has 0 radical (unpaired) electrons. The van der Waals surface area contributed by atoms with Gasteiger partial charge in [-0.05, 0) is 52.9 Å². The zero-order valence-corrected chi connectivity index (χ0v) is 20.8. The molecule has 7 nitrogen and oxygen atoms in total. The average Bonchev–Trinajstić information content (AvgIpc) is 3.56. The van der Waals surface area contributed by atoms with Crippen LogP contribution in [-0.2, 0) is 10.2 Å². The van der Waals surface area contributed by atoms with E-state index >= 15 is 0 Å². The lowest BCUT2D eigenvalue weighted by Crippen LogP contribution is -2.70. The fourth-order valence-corrected chi connectivity index (χ4v) is 6.06. The molecule has 2 bridgehead atoms. The Balaban J connectivity index is 1.36. The van der Waals surface area contributed by atoms with Crippen molar-refractivity contribution in [2.75, 3.05) is 18.0 Å². The van der Waals surface area contributed by atoms with Crippen LogP contribution in [0.15, 0.2) is 22.8 Å².